The summed E-state index contributed by atoms with van der Waals surface area (Å²) in [4.78, 5) is 85.1. The molecule has 0 radical (unpaired) electrons. The minimum absolute atomic E-state index is 0.457. The quantitative estimate of drug-likeness (QED) is 0.125. The van der Waals surface area contributed by atoms with Gasteiger partial charge in [-0.05, 0) is 19.9 Å². The Labute approximate surface area is 298 Å². The Morgan fingerprint density at radius 1 is 1.08 bits per heavy atom. The Morgan fingerprint density at radius 3 is 2.30 bits per heavy atom. The van der Waals surface area contributed by atoms with Gasteiger partial charge in [0.15, 0.2) is 23.2 Å². The lowest BCUT2D eigenvalue weighted by Gasteiger charge is -2.52. The first-order valence-electron chi connectivity index (χ1n) is 16.1. The lowest BCUT2D eigenvalue weighted by atomic mass is 9.56. The second-order valence-corrected chi connectivity index (χ2v) is 13.2. The van der Waals surface area contributed by atoms with E-state index < -0.39 is 169 Å². The van der Waals surface area contributed by atoms with Gasteiger partial charge in [0.2, 0.25) is 17.3 Å². The molecule has 6 N–H and O–H groups in total. The van der Waals surface area contributed by atoms with Crippen LogP contribution in [0.4, 0.5) is 5.69 Å². The van der Waals surface area contributed by atoms with E-state index in [1.807, 2.05) is 0 Å². The number of carbonyl (C=O) groups is 5. The van der Waals surface area contributed by atoms with Crippen LogP contribution in [-0.2, 0) is 31.0 Å². The fourth-order valence-corrected chi connectivity index (χ4v) is 8.23. The maximum atomic E-state index is 14.7. The molecule has 0 spiro atoms. The maximum absolute atomic E-state index is 14.7. The van der Waals surface area contributed by atoms with Gasteiger partial charge in [0.25, 0.3) is 5.69 Å². The summed E-state index contributed by atoms with van der Waals surface area (Å²) in [5.41, 5.74) is -14.3. The Balaban J connectivity index is 1.59. The van der Waals surface area contributed by atoms with E-state index in [1.54, 1.807) is 6.92 Å². The number of nitrogens with zero attached hydrogens (tertiary/aromatic N) is 2. The second kappa shape index (κ2) is 12.8. The number of aliphatic hydroxyl groups is 4. The standard InChI is InChI=1S/C34H34N2O17/c1-10-19(32(46)51-4)27(43)22-14(23(10)36(48)49)7-18(39)34(52-5)30(45)21-13(29(44)33(22,34)47)6-12-20(26(21)42)17(38)8-16(24(12)40)35-31-15(9-37)25(41)28(50-3)11(2)53-31/h6,11,15,18,25,28,31,37,39,41-43,47H,7-9H2,1-5H3/t11-,15+,18+,25-,28-,31-,33-,34+/m0/s1. The maximum Gasteiger partial charge on any atom is 0.342 e. The monoisotopic (exact) mass is 742 g/mol. The number of rotatable bonds is 6. The number of nitro benzene ring substituents is 1. The average molecular weight is 743 g/mol. The average Bonchev–Trinajstić information content (AvgIpc) is 3.09. The van der Waals surface area contributed by atoms with Gasteiger partial charge in [-0.2, -0.15) is 0 Å². The Bertz CT molecular complexity index is 2080. The number of ether oxygens (including phenoxy) is 4. The van der Waals surface area contributed by atoms with E-state index in [9.17, 15) is 64.7 Å². The molecule has 1 heterocycles. The molecule has 1 saturated heterocycles. The number of nitro groups is 1. The van der Waals surface area contributed by atoms with E-state index >= 15 is 0 Å². The second-order valence-electron chi connectivity index (χ2n) is 13.2. The molecule has 1 fully saturated rings. The number of aromatic hydroxyl groups is 2. The molecule has 2 aromatic rings. The van der Waals surface area contributed by atoms with Crippen molar-refractivity contribution in [3.63, 3.8) is 0 Å². The summed E-state index contributed by atoms with van der Waals surface area (Å²) in [6, 6.07) is 0.711. The number of benzene rings is 2. The number of ketones is 4. The van der Waals surface area contributed by atoms with Crippen molar-refractivity contribution in [3.8, 4) is 11.5 Å². The van der Waals surface area contributed by atoms with E-state index in [2.05, 4.69) is 9.73 Å². The first kappa shape index (κ1) is 37.7. The van der Waals surface area contributed by atoms with Crippen molar-refractivity contribution in [1.29, 1.82) is 0 Å². The zero-order chi connectivity index (χ0) is 39.2. The van der Waals surface area contributed by atoms with E-state index in [1.165, 1.54) is 7.11 Å². The van der Waals surface area contributed by atoms with Gasteiger partial charge in [-0.25, -0.2) is 4.79 Å². The minimum Gasteiger partial charge on any atom is -0.507 e. The van der Waals surface area contributed by atoms with Crippen LogP contribution in [0, 0.1) is 23.0 Å². The van der Waals surface area contributed by atoms with Crippen LogP contribution in [0.5, 0.6) is 11.5 Å². The van der Waals surface area contributed by atoms with Gasteiger partial charge in [-0.15, -0.1) is 0 Å². The third-order valence-electron chi connectivity index (χ3n) is 10.7. The van der Waals surface area contributed by atoms with Crippen molar-refractivity contribution in [2.45, 2.75) is 68.5 Å². The Morgan fingerprint density at radius 2 is 1.74 bits per heavy atom. The summed E-state index contributed by atoms with van der Waals surface area (Å²) in [5.74, 6) is -10.00. The van der Waals surface area contributed by atoms with Crippen LogP contribution >= 0.6 is 0 Å². The number of hydrogen-bond acceptors (Lipinski definition) is 18. The van der Waals surface area contributed by atoms with Crippen molar-refractivity contribution in [1.82, 2.24) is 0 Å². The molecule has 282 valence electrons. The van der Waals surface area contributed by atoms with Crippen LogP contribution in [0.15, 0.2) is 11.1 Å². The fraction of sp³-hybridized carbons (Fsp3) is 0.471. The van der Waals surface area contributed by atoms with Gasteiger partial charge in [-0.1, -0.05) is 0 Å². The van der Waals surface area contributed by atoms with Crippen LogP contribution in [0.1, 0.15) is 81.8 Å². The molecule has 4 aliphatic rings. The third kappa shape index (κ3) is 4.78. The molecule has 0 aromatic heterocycles. The molecule has 0 amide bonds. The van der Waals surface area contributed by atoms with Crippen LogP contribution in [0.3, 0.4) is 0 Å². The fourth-order valence-electron chi connectivity index (χ4n) is 8.23. The highest BCUT2D eigenvalue weighted by atomic mass is 16.6. The number of esters is 1. The third-order valence-corrected chi connectivity index (χ3v) is 10.7. The van der Waals surface area contributed by atoms with E-state index in [4.69, 9.17) is 14.2 Å². The van der Waals surface area contributed by atoms with Crippen molar-refractivity contribution < 1.29 is 78.5 Å². The van der Waals surface area contributed by atoms with Crippen LogP contribution in [0.2, 0.25) is 0 Å². The molecule has 19 heteroatoms. The molecular weight excluding hydrogens is 708 g/mol. The number of carbonyl (C=O) groups excluding carboxylic acids is 5. The lowest BCUT2D eigenvalue weighted by molar-refractivity contribution is -0.386. The van der Waals surface area contributed by atoms with Crippen LogP contribution in [-0.4, -0.2) is 135 Å². The van der Waals surface area contributed by atoms with E-state index in [0.29, 0.717) is 6.07 Å². The summed E-state index contributed by atoms with van der Waals surface area (Å²) >= 11 is 0. The largest absolute Gasteiger partial charge is 0.507 e. The van der Waals surface area contributed by atoms with Gasteiger partial charge in [0.05, 0.1) is 66.1 Å². The molecule has 53 heavy (non-hydrogen) atoms. The predicted octanol–water partition coefficient (Wildman–Crippen LogP) is -0.391. The summed E-state index contributed by atoms with van der Waals surface area (Å²) in [6.45, 7) is 1.95. The highest BCUT2D eigenvalue weighted by Gasteiger charge is 2.73. The van der Waals surface area contributed by atoms with Gasteiger partial charge >= 0.3 is 5.97 Å². The highest BCUT2D eigenvalue weighted by molar-refractivity contribution is 6.53. The SMILES string of the molecule is COC(=O)c1c(C)c([N+](=O)[O-])c2c(c1O)[C@]1(O)C(=O)c3cc4c(c(O)c3C(=O)[C@]1(OC)[C@H](O)C2)C(=O)CC(=N[C@H]1O[C@@H](C)[C@H](OC)[C@@H](O)[C@H]1CO)C4=O. The first-order valence-corrected chi connectivity index (χ1v) is 16.1. The molecule has 1 aliphatic heterocycles. The summed E-state index contributed by atoms with van der Waals surface area (Å²) in [6.07, 6.45) is -8.29. The first-order chi connectivity index (χ1) is 24.9. The van der Waals surface area contributed by atoms with Gasteiger partial charge < -0.3 is 49.6 Å². The number of Topliss-reactive ketones (excluding diaryl/α,β-unsaturated/α-hetero) is 4. The molecule has 8 atom stereocenters. The highest BCUT2D eigenvalue weighted by Crippen LogP contribution is 2.58. The molecular formula is C34H34N2O17. The van der Waals surface area contributed by atoms with Crippen LogP contribution < -0.4 is 0 Å². The summed E-state index contributed by atoms with van der Waals surface area (Å²) in [7, 11) is 3.00. The minimum atomic E-state index is -3.57. The summed E-state index contributed by atoms with van der Waals surface area (Å²) < 4.78 is 21.1. The molecule has 2 aromatic carbocycles. The molecule has 6 rings (SSSR count). The number of hydrogen-bond donors (Lipinski definition) is 6. The predicted molar refractivity (Wildman–Crippen MR) is 173 cm³/mol. The normalized spacial score (nSPS) is 31.5. The number of fused-ring (bicyclic) bond motifs is 5. The zero-order valence-corrected chi connectivity index (χ0v) is 28.7. The van der Waals surface area contributed by atoms with Gasteiger partial charge in [0.1, 0.15) is 23.2 Å². The molecule has 0 unspecified atom stereocenters. The van der Waals surface area contributed by atoms with Crippen molar-refractivity contribution in [3.05, 3.63) is 60.7 Å². The number of phenolic OH excluding ortho intramolecular Hbond substituents is 2. The molecule has 3 aliphatic carbocycles. The summed E-state index contributed by atoms with van der Waals surface area (Å²) in [5, 5.41) is 80.1. The van der Waals surface area contributed by atoms with E-state index in [0.717, 1.165) is 21.1 Å². The molecule has 19 nitrogen and oxygen atoms in total. The zero-order valence-electron chi connectivity index (χ0n) is 28.7. The number of aliphatic hydroxyl groups excluding tert-OH is 3. The molecule has 0 saturated carbocycles. The number of aliphatic imine (C=N–C) groups is 1. The van der Waals surface area contributed by atoms with Gasteiger partial charge in [0, 0.05) is 48.5 Å². The number of methoxy groups -OCH3 is 3. The van der Waals surface area contributed by atoms with Crippen molar-refractivity contribution in [2.75, 3.05) is 27.9 Å². The smallest absolute Gasteiger partial charge is 0.342 e. The molecule has 0 bridgehead atoms. The lowest BCUT2D eigenvalue weighted by Crippen LogP contribution is -2.73. The van der Waals surface area contributed by atoms with Crippen molar-refractivity contribution in [2.24, 2.45) is 10.9 Å². The van der Waals surface area contributed by atoms with Crippen LogP contribution in [0.25, 0.3) is 0 Å². The van der Waals surface area contributed by atoms with Crippen molar-refractivity contribution >= 4 is 40.5 Å². The topological polar surface area (TPSA) is 299 Å². The van der Waals surface area contributed by atoms with E-state index in [-0.39, 0.29) is 0 Å². The number of phenols is 2. The Kier molecular flexibility index (Phi) is 9.13. The Hall–Kier alpha value is -5.02. The van der Waals surface area contributed by atoms with Gasteiger partial charge in [-0.3, -0.25) is 34.3 Å².